The second-order valence-electron chi connectivity index (χ2n) is 8.42. The number of nitrogens with zero attached hydrogens (tertiary/aromatic N) is 4. The molecule has 1 aromatic carbocycles. The van der Waals surface area contributed by atoms with Crippen LogP contribution in [0, 0.1) is 18.7 Å². The molecule has 2 aromatic heterocycles. The SMILES string of the molecule is Cc1nccc(N2CCCc3nc([C@]4(NC(=O)c5ccc(F)cc5)C[C@@H]4C)ccc32)n1. The molecule has 3 aromatic rings. The van der Waals surface area contributed by atoms with E-state index in [1.54, 1.807) is 6.20 Å². The van der Waals surface area contributed by atoms with Crippen molar-refractivity contribution in [2.75, 3.05) is 11.4 Å². The minimum Gasteiger partial charge on any atom is -0.341 e. The summed E-state index contributed by atoms with van der Waals surface area (Å²) < 4.78 is 13.2. The van der Waals surface area contributed by atoms with Crippen LogP contribution in [0.3, 0.4) is 0 Å². The van der Waals surface area contributed by atoms with Crippen molar-refractivity contribution in [3.05, 3.63) is 77.3 Å². The molecule has 0 radical (unpaired) electrons. The minimum atomic E-state index is -0.478. The topological polar surface area (TPSA) is 71.0 Å². The van der Waals surface area contributed by atoms with Crippen LogP contribution in [0.4, 0.5) is 15.9 Å². The summed E-state index contributed by atoms with van der Waals surface area (Å²) in [6, 6.07) is 11.6. The van der Waals surface area contributed by atoms with Crippen LogP contribution in [0.2, 0.25) is 0 Å². The Morgan fingerprint density at radius 1 is 1.16 bits per heavy atom. The van der Waals surface area contributed by atoms with Crippen LogP contribution >= 0.6 is 0 Å². The summed E-state index contributed by atoms with van der Waals surface area (Å²) >= 11 is 0. The Morgan fingerprint density at radius 3 is 2.65 bits per heavy atom. The molecular weight excluding hydrogens is 393 g/mol. The highest BCUT2D eigenvalue weighted by molar-refractivity contribution is 5.95. The van der Waals surface area contributed by atoms with Crippen molar-refractivity contribution in [2.45, 2.75) is 38.6 Å². The zero-order chi connectivity index (χ0) is 21.6. The first-order valence-electron chi connectivity index (χ1n) is 10.6. The van der Waals surface area contributed by atoms with Crippen molar-refractivity contribution in [1.82, 2.24) is 20.3 Å². The van der Waals surface area contributed by atoms with E-state index in [1.165, 1.54) is 24.3 Å². The summed E-state index contributed by atoms with van der Waals surface area (Å²) in [5.74, 6) is 1.34. The molecule has 0 spiro atoms. The predicted octanol–water partition coefficient (Wildman–Crippen LogP) is 4.07. The molecule has 2 atom stereocenters. The second-order valence-corrected chi connectivity index (χ2v) is 8.42. The average Bonchev–Trinajstić information content (AvgIpc) is 3.43. The van der Waals surface area contributed by atoms with E-state index in [0.717, 1.165) is 54.5 Å². The van der Waals surface area contributed by atoms with E-state index in [2.05, 4.69) is 33.2 Å². The smallest absolute Gasteiger partial charge is 0.252 e. The number of hydrogen-bond donors (Lipinski definition) is 1. The van der Waals surface area contributed by atoms with Crippen LogP contribution in [0.25, 0.3) is 0 Å². The maximum atomic E-state index is 13.2. The van der Waals surface area contributed by atoms with Gasteiger partial charge in [0.2, 0.25) is 0 Å². The van der Waals surface area contributed by atoms with Gasteiger partial charge in [-0.1, -0.05) is 6.92 Å². The summed E-state index contributed by atoms with van der Waals surface area (Å²) in [5.41, 5.74) is 2.93. The summed E-state index contributed by atoms with van der Waals surface area (Å²) in [6.45, 7) is 4.88. The Hall–Kier alpha value is -3.35. The lowest BCUT2D eigenvalue weighted by Crippen LogP contribution is -2.37. The van der Waals surface area contributed by atoms with Crippen molar-refractivity contribution in [2.24, 2.45) is 5.92 Å². The Bertz CT molecular complexity index is 1150. The fraction of sp³-hybridized carbons (Fsp3) is 0.333. The Kier molecular flexibility index (Phi) is 4.68. The number of halogens is 1. The molecule has 1 aliphatic heterocycles. The number of carbonyl (C=O) groups is 1. The van der Waals surface area contributed by atoms with Gasteiger partial charge in [0.15, 0.2) is 0 Å². The molecule has 1 amide bonds. The van der Waals surface area contributed by atoms with E-state index < -0.39 is 5.54 Å². The molecule has 0 bridgehead atoms. The van der Waals surface area contributed by atoms with Crippen molar-refractivity contribution in [3.63, 3.8) is 0 Å². The first kappa shape index (κ1) is 19.6. The Labute approximate surface area is 180 Å². The number of hydrogen-bond acceptors (Lipinski definition) is 5. The Morgan fingerprint density at radius 2 is 1.94 bits per heavy atom. The van der Waals surface area contributed by atoms with E-state index in [1.807, 2.05) is 19.1 Å². The van der Waals surface area contributed by atoms with Crippen molar-refractivity contribution in [3.8, 4) is 0 Å². The van der Waals surface area contributed by atoms with Crippen LogP contribution in [0.15, 0.2) is 48.7 Å². The zero-order valence-electron chi connectivity index (χ0n) is 17.6. The highest BCUT2D eigenvalue weighted by atomic mass is 19.1. The molecule has 1 saturated carbocycles. The monoisotopic (exact) mass is 417 g/mol. The lowest BCUT2D eigenvalue weighted by atomic mass is 10.0. The van der Waals surface area contributed by atoms with Gasteiger partial charge >= 0.3 is 0 Å². The molecule has 2 aliphatic rings. The quantitative estimate of drug-likeness (QED) is 0.693. The number of rotatable bonds is 4. The molecule has 1 aliphatic carbocycles. The fourth-order valence-electron chi connectivity index (χ4n) is 4.42. The molecule has 158 valence electrons. The number of anilines is 2. The predicted molar refractivity (Wildman–Crippen MR) is 116 cm³/mol. The summed E-state index contributed by atoms with van der Waals surface area (Å²) in [7, 11) is 0. The standard InChI is InChI=1S/C24H24FN5O/c1-15-14-24(15,29-23(31)17-5-7-18(25)8-6-17)21-10-9-20-19(28-21)4-3-13-30(20)22-11-12-26-16(2)27-22/h5-12,15H,3-4,13-14H2,1-2H3,(H,29,31)/t15-,24-/m0/s1. The lowest BCUT2D eigenvalue weighted by Gasteiger charge is -2.31. The number of carbonyl (C=O) groups excluding carboxylic acids is 1. The molecule has 6 nitrogen and oxygen atoms in total. The van der Waals surface area contributed by atoms with Gasteiger partial charge in [-0.15, -0.1) is 0 Å². The van der Waals surface area contributed by atoms with Crippen LogP contribution in [-0.2, 0) is 12.0 Å². The van der Waals surface area contributed by atoms with Crippen molar-refractivity contribution in [1.29, 1.82) is 0 Å². The number of amides is 1. The summed E-state index contributed by atoms with van der Waals surface area (Å²) in [5, 5.41) is 3.17. The fourth-order valence-corrected chi connectivity index (χ4v) is 4.42. The van der Waals surface area contributed by atoms with E-state index in [4.69, 9.17) is 4.98 Å². The normalized spacial score (nSPS) is 22.0. The number of aromatic nitrogens is 3. The van der Waals surface area contributed by atoms with E-state index >= 15 is 0 Å². The average molecular weight is 417 g/mol. The first-order valence-corrected chi connectivity index (χ1v) is 10.6. The third kappa shape index (κ3) is 3.54. The lowest BCUT2D eigenvalue weighted by molar-refractivity contribution is 0.0926. The van der Waals surface area contributed by atoms with Crippen molar-refractivity contribution < 1.29 is 9.18 Å². The van der Waals surface area contributed by atoms with E-state index in [-0.39, 0.29) is 17.6 Å². The zero-order valence-corrected chi connectivity index (χ0v) is 17.6. The Balaban J connectivity index is 1.44. The summed E-state index contributed by atoms with van der Waals surface area (Å²) in [4.78, 5) is 28.8. The van der Waals surface area contributed by atoms with Gasteiger partial charge in [0.1, 0.15) is 17.5 Å². The molecule has 5 rings (SSSR count). The number of benzene rings is 1. The number of fused-ring (bicyclic) bond motifs is 1. The highest BCUT2D eigenvalue weighted by Crippen LogP contribution is 2.51. The third-order valence-corrected chi connectivity index (χ3v) is 6.28. The van der Waals surface area contributed by atoms with Crippen LogP contribution < -0.4 is 10.2 Å². The number of pyridine rings is 1. The maximum absolute atomic E-state index is 13.2. The maximum Gasteiger partial charge on any atom is 0.252 e. The second kappa shape index (κ2) is 7.41. The van der Waals surface area contributed by atoms with Gasteiger partial charge in [-0.2, -0.15) is 0 Å². The molecule has 7 heteroatoms. The summed E-state index contributed by atoms with van der Waals surface area (Å²) in [6.07, 6.45) is 4.48. The molecule has 31 heavy (non-hydrogen) atoms. The van der Waals surface area contributed by atoms with Crippen LogP contribution in [-0.4, -0.2) is 27.4 Å². The molecule has 0 saturated heterocycles. The number of nitrogens with one attached hydrogen (secondary N) is 1. The molecule has 1 fully saturated rings. The molecule has 0 unspecified atom stereocenters. The van der Waals surface area contributed by atoms with Crippen LogP contribution in [0.5, 0.6) is 0 Å². The first-order chi connectivity index (χ1) is 15.0. The number of aryl methyl sites for hydroxylation is 2. The van der Waals surface area contributed by atoms with Gasteiger partial charge in [0, 0.05) is 18.3 Å². The van der Waals surface area contributed by atoms with Crippen molar-refractivity contribution >= 4 is 17.4 Å². The van der Waals surface area contributed by atoms with Gasteiger partial charge < -0.3 is 10.2 Å². The van der Waals surface area contributed by atoms with Gasteiger partial charge in [-0.05, 0) is 74.6 Å². The van der Waals surface area contributed by atoms with Gasteiger partial charge in [-0.3, -0.25) is 9.78 Å². The van der Waals surface area contributed by atoms with Gasteiger partial charge in [-0.25, -0.2) is 14.4 Å². The molecular formula is C24H24FN5O. The largest absolute Gasteiger partial charge is 0.341 e. The van der Waals surface area contributed by atoms with Gasteiger partial charge in [0.05, 0.1) is 22.6 Å². The molecule has 1 N–H and O–H groups in total. The van der Waals surface area contributed by atoms with E-state index in [9.17, 15) is 9.18 Å². The molecule has 3 heterocycles. The van der Waals surface area contributed by atoms with Crippen LogP contribution in [0.1, 0.15) is 47.3 Å². The highest BCUT2D eigenvalue weighted by Gasteiger charge is 2.55. The minimum absolute atomic E-state index is 0.207. The van der Waals surface area contributed by atoms with Gasteiger partial charge in [0.25, 0.3) is 5.91 Å². The third-order valence-electron chi connectivity index (χ3n) is 6.28. The van der Waals surface area contributed by atoms with E-state index in [0.29, 0.717) is 5.56 Å².